The lowest BCUT2D eigenvalue weighted by Gasteiger charge is -2.25. The minimum absolute atomic E-state index is 0.0178. The zero-order chi connectivity index (χ0) is 14.7. The molecule has 1 aliphatic heterocycles. The molecule has 1 fully saturated rings. The Morgan fingerprint density at radius 3 is 2.65 bits per heavy atom. The van der Waals surface area contributed by atoms with Crippen molar-refractivity contribution in [1.82, 2.24) is 9.96 Å². The van der Waals surface area contributed by atoms with Crippen molar-refractivity contribution in [1.29, 1.82) is 0 Å². The monoisotopic (exact) mass is 276 g/mol. The molecule has 0 saturated carbocycles. The van der Waals surface area contributed by atoms with Gasteiger partial charge in [-0.15, -0.1) is 0 Å². The smallest absolute Gasteiger partial charge is 0.251 e. The van der Waals surface area contributed by atoms with Gasteiger partial charge in [0.05, 0.1) is 19.1 Å². The molecule has 0 radical (unpaired) electrons. The Balaban J connectivity index is 2.08. The maximum atomic E-state index is 12.1. The molecule has 108 valence electrons. The third-order valence-electron chi connectivity index (χ3n) is 3.84. The summed E-state index contributed by atoms with van der Waals surface area (Å²) in [7, 11) is 3.01. The molecular formula is C15H20N2O3. The van der Waals surface area contributed by atoms with E-state index in [4.69, 9.17) is 4.84 Å². The molecule has 1 aromatic carbocycles. The summed E-state index contributed by atoms with van der Waals surface area (Å²) in [4.78, 5) is 30.8. The van der Waals surface area contributed by atoms with Crippen LogP contribution in [-0.4, -0.2) is 42.5 Å². The number of hydrogen-bond donors (Lipinski definition) is 0. The van der Waals surface area contributed by atoms with E-state index in [1.165, 1.54) is 12.2 Å². The van der Waals surface area contributed by atoms with Gasteiger partial charge in [0.15, 0.2) is 0 Å². The Hall–Kier alpha value is -1.88. The molecule has 20 heavy (non-hydrogen) atoms. The van der Waals surface area contributed by atoms with Gasteiger partial charge in [0.25, 0.3) is 5.91 Å². The predicted octanol–water partition coefficient (Wildman–Crippen LogP) is 1.62. The Morgan fingerprint density at radius 2 is 2.05 bits per heavy atom. The minimum Gasteiger partial charge on any atom is -0.335 e. The average molecular weight is 276 g/mol. The van der Waals surface area contributed by atoms with Gasteiger partial charge >= 0.3 is 0 Å². The molecule has 0 N–H and O–H groups in total. The lowest BCUT2D eigenvalue weighted by molar-refractivity contribution is -0.173. The fourth-order valence-corrected chi connectivity index (χ4v) is 2.53. The molecule has 0 bridgehead atoms. The van der Waals surface area contributed by atoms with E-state index in [2.05, 4.69) is 0 Å². The summed E-state index contributed by atoms with van der Waals surface area (Å²) in [5.41, 5.74) is 1.08. The number of carbonyl (C=O) groups is 2. The molecule has 1 heterocycles. The molecule has 1 aromatic rings. The van der Waals surface area contributed by atoms with Crippen LogP contribution in [0, 0.1) is 5.92 Å². The number of nitrogens with zero attached hydrogens (tertiary/aromatic N) is 2. The van der Waals surface area contributed by atoms with Gasteiger partial charge in [0, 0.05) is 20.0 Å². The third-order valence-corrected chi connectivity index (χ3v) is 3.84. The molecule has 2 atom stereocenters. The van der Waals surface area contributed by atoms with Crippen LogP contribution < -0.4 is 0 Å². The fraction of sp³-hybridized carbons (Fsp3) is 0.467. The van der Waals surface area contributed by atoms with E-state index in [-0.39, 0.29) is 30.2 Å². The molecule has 0 spiro atoms. The first-order valence-corrected chi connectivity index (χ1v) is 6.70. The molecule has 1 aliphatic rings. The highest BCUT2D eigenvalue weighted by Gasteiger charge is 2.38. The van der Waals surface area contributed by atoms with Gasteiger partial charge in [-0.05, 0) is 12.5 Å². The fourth-order valence-electron chi connectivity index (χ4n) is 2.53. The van der Waals surface area contributed by atoms with Crippen molar-refractivity contribution in [3.8, 4) is 0 Å². The number of benzene rings is 1. The van der Waals surface area contributed by atoms with E-state index in [1.807, 2.05) is 37.3 Å². The van der Waals surface area contributed by atoms with Gasteiger partial charge < -0.3 is 4.90 Å². The van der Waals surface area contributed by atoms with E-state index in [0.29, 0.717) is 6.54 Å². The minimum atomic E-state index is -0.321. The summed E-state index contributed by atoms with van der Waals surface area (Å²) in [5.74, 6) is -0.452. The molecule has 0 aromatic heterocycles. The Morgan fingerprint density at radius 1 is 1.40 bits per heavy atom. The number of rotatable bonds is 4. The first-order chi connectivity index (χ1) is 9.54. The average Bonchev–Trinajstić information content (AvgIpc) is 2.87. The van der Waals surface area contributed by atoms with E-state index in [1.54, 1.807) is 11.9 Å². The summed E-state index contributed by atoms with van der Waals surface area (Å²) in [5, 5.41) is 1.19. The number of likely N-dealkylation sites (tertiary alicyclic amines) is 1. The third kappa shape index (κ3) is 2.82. The van der Waals surface area contributed by atoms with Crippen LogP contribution in [0.5, 0.6) is 0 Å². The van der Waals surface area contributed by atoms with E-state index >= 15 is 0 Å². The first-order valence-electron chi connectivity index (χ1n) is 6.70. The van der Waals surface area contributed by atoms with Crippen LogP contribution in [-0.2, 0) is 14.4 Å². The highest BCUT2D eigenvalue weighted by atomic mass is 16.7. The van der Waals surface area contributed by atoms with Gasteiger partial charge in [-0.2, -0.15) is 0 Å². The van der Waals surface area contributed by atoms with Crippen LogP contribution in [0.25, 0.3) is 0 Å². The van der Waals surface area contributed by atoms with Gasteiger partial charge in [-0.25, -0.2) is 5.06 Å². The molecule has 0 aliphatic carbocycles. The van der Waals surface area contributed by atoms with Crippen molar-refractivity contribution in [3.63, 3.8) is 0 Å². The largest absolute Gasteiger partial charge is 0.335 e. The molecule has 2 rings (SSSR count). The highest BCUT2D eigenvalue weighted by Crippen LogP contribution is 2.29. The standard InChI is InChI=1S/C15H20N2O3/c1-11(12-7-5-4-6-8-12)17-10-13(9-14(17)18)15(19)16(2)20-3/h4-8,11,13H,9-10H2,1-3H3. The maximum absolute atomic E-state index is 12.1. The summed E-state index contributed by atoms with van der Waals surface area (Å²) < 4.78 is 0. The summed E-state index contributed by atoms with van der Waals surface area (Å²) >= 11 is 0. The lowest BCUT2D eigenvalue weighted by Crippen LogP contribution is -2.34. The maximum Gasteiger partial charge on any atom is 0.251 e. The number of carbonyl (C=O) groups excluding carboxylic acids is 2. The Bertz CT molecular complexity index is 489. The molecular weight excluding hydrogens is 256 g/mol. The Kier molecular flexibility index (Phi) is 4.39. The van der Waals surface area contributed by atoms with Crippen LogP contribution in [0.1, 0.15) is 24.9 Å². The van der Waals surface area contributed by atoms with Crippen LogP contribution in [0.3, 0.4) is 0 Å². The summed E-state index contributed by atoms with van der Waals surface area (Å²) in [6.07, 6.45) is 0.254. The molecule has 5 nitrogen and oxygen atoms in total. The highest BCUT2D eigenvalue weighted by molar-refractivity contribution is 5.89. The molecule has 2 unspecified atom stereocenters. The van der Waals surface area contributed by atoms with Crippen molar-refractivity contribution in [2.45, 2.75) is 19.4 Å². The Labute approximate surface area is 119 Å². The van der Waals surface area contributed by atoms with Crippen molar-refractivity contribution in [3.05, 3.63) is 35.9 Å². The zero-order valence-corrected chi connectivity index (χ0v) is 12.1. The second-order valence-electron chi connectivity index (χ2n) is 5.05. The first kappa shape index (κ1) is 14.5. The number of hydroxylamine groups is 2. The molecule has 2 amide bonds. The lowest BCUT2D eigenvalue weighted by atomic mass is 10.1. The SMILES string of the molecule is CON(C)C(=O)C1CC(=O)N(C(C)c2ccccc2)C1. The summed E-state index contributed by atoms with van der Waals surface area (Å²) in [6, 6.07) is 9.82. The zero-order valence-electron chi connectivity index (χ0n) is 12.1. The topological polar surface area (TPSA) is 49.9 Å². The number of hydrogen-bond acceptors (Lipinski definition) is 3. The quantitative estimate of drug-likeness (QED) is 0.785. The van der Waals surface area contributed by atoms with Gasteiger partial charge in [-0.1, -0.05) is 30.3 Å². The normalized spacial score (nSPS) is 20.1. The van der Waals surface area contributed by atoms with Gasteiger partial charge in [0.1, 0.15) is 0 Å². The van der Waals surface area contributed by atoms with Crippen molar-refractivity contribution in [2.24, 2.45) is 5.92 Å². The van der Waals surface area contributed by atoms with Crippen molar-refractivity contribution < 1.29 is 14.4 Å². The number of amides is 2. The van der Waals surface area contributed by atoms with Crippen LogP contribution in [0.15, 0.2) is 30.3 Å². The second kappa shape index (κ2) is 6.05. The van der Waals surface area contributed by atoms with Gasteiger partial charge in [-0.3, -0.25) is 14.4 Å². The van der Waals surface area contributed by atoms with Crippen LogP contribution in [0.2, 0.25) is 0 Å². The van der Waals surface area contributed by atoms with E-state index in [0.717, 1.165) is 5.56 Å². The summed E-state index contributed by atoms with van der Waals surface area (Å²) in [6.45, 7) is 2.43. The predicted molar refractivity (Wildman–Crippen MR) is 74.5 cm³/mol. The second-order valence-corrected chi connectivity index (χ2v) is 5.05. The van der Waals surface area contributed by atoms with Crippen LogP contribution >= 0.6 is 0 Å². The van der Waals surface area contributed by atoms with E-state index in [9.17, 15) is 9.59 Å². The van der Waals surface area contributed by atoms with Gasteiger partial charge in [0.2, 0.25) is 5.91 Å². The molecule has 5 heteroatoms. The van der Waals surface area contributed by atoms with E-state index < -0.39 is 0 Å². The van der Waals surface area contributed by atoms with Crippen LogP contribution in [0.4, 0.5) is 0 Å². The van der Waals surface area contributed by atoms with Crippen molar-refractivity contribution >= 4 is 11.8 Å². The van der Waals surface area contributed by atoms with Crippen molar-refractivity contribution in [2.75, 3.05) is 20.7 Å². The molecule has 1 saturated heterocycles.